The quantitative estimate of drug-likeness (QED) is 0.894. The van der Waals surface area contributed by atoms with Crippen molar-refractivity contribution in [1.29, 1.82) is 0 Å². The molecule has 2 rings (SSSR count). The summed E-state index contributed by atoms with van der Waals surface area (Å²) in [4.78, 5) is 25.7. The van der Waals surface area contributed by atoms with Crippen molar-refractivity contribution in [3.63, 3.8) is 0 Å². The van der Waals surface area contributed by atoms with E-state index in [4.69, 9.17) is 0 Å². The van der Waals surface area contributed by atoms with Crippen LogP contribution in [0.5, 0.6) is 0 Å². The molecular formula is C18H23F2NO3. The van der Waals surface area contributed by atoms with Crippen LogP contribution >= 0.6 is 0 Å². The van der Waals surface area contributed by atoms with Crippen LogP contribution in [0.4, 0.5) is 8.78 Å². The molecule has 1 aliphatic heterocycles. The van der Waals surface area contributed by atoms with E-state index in [1.54, 1.807) is 11.8 Å². The van der Waals surface area contributed by atoms with E-state index in [0.29, 0.717) is 13.0 Å². The van der Waals surface area contributed by atoms with Gasteiger partial charge in [0.15, 0.2) is 0 Å². The highest BCUT2D eigenvalue weighted by molar-refractivity contribution is 5.81. The molecule has 0 bridgehead atoms. The monoisotopic (exact) mass is 339 g/mol. The molecule has 2 atom stereocenters. The van der Waals surface area contributed by atoms with E-state index in [1.165, 1.54) is 12.1 Å². The number of carboxylic acid groups (broad SMARTS) is 1. The van der Waals surface area contributed by atoms with E-state index < -0.39 is 28.9 Å². The molecule has 0 aliphatic carbocycles. The third kappa shape index (κ3) is 3.42. The Bertz CT molecular complexity index is 647. The fraction of sp³-hybridized carbons (Fsp3) is 0.556. The maximum atomic E-state index is 13.8. The van der Waals surface area contributed by atoms with Gasteiger partial charge in [-0.25, -0.2) is 8.78 Å². The third-order valence-electron chi connectivity index (χ3n) is 5.16. The van der Waals surface area contributed by atoms with Crippen molar-refractivity contribution in [2.45, 2.75) is 39.5 Å². The predicted octanol–water partition coefficient (Wildman–Crippen LogP) is 3.42. The summed E-state index contributed by atoms with van der Waals surface area (Å²) in [6, 6.07) is 3.33. The number of likely N-dealkylation sites (tertiary alicyclic amines) is 1. The standard InChI is InChI=1S/C18H23F2NO3/c1-11(2)18(17(23)24)6-7-21(10-18)16(22)8-12(3)14-5-4-13(19)9-15(14)20/h4-5,9,11-12H,6-8,10H2,1-3H3,(H,23,24). The Kier molecular flexibility index (Phi) is 5.26. The normalized spacial score (nSPS) is 22.0. The summed E-state index contributed by atoms with van der Waals surface area (Å²) in [6.45, 7) is 5.97. The van der Waals surface area contributed by atoms with Crippen molar-refractivity contribution in [1.82, 2.24) is 4.90 Å². The molecule has 1 amide bonds. The Labute approximate surface area is 140 Å². The van der Waals surface area contributed by atoms with E-state index in [1.807, 2.05) is 13.8 Å². The fourth-order valence-corrected chi connectivity index (χ4v) is 3.34. The van der Waals surface area contributed by atoms with Crippen LogP contribution in [0.25, 0.3) is 0 Å². The Balaban J connectivity index is 2.07. The summed E-state index contributed by atoms with van der Waals surface area (Å²) in [6.07, 6.45) is 0.487. The number of amides is 1. The number of aliphatic carboxylic acids is 1. The molecule has 4 nitrogen and oxygen atoms in total. The minimum absolute atomic E-state index is 0.0658. The smallest absolute Gasteiger partial charge is 0.311 e. The molecular weight excluding hydrogens is 316 g/mol. The van der Waals surface area contributed by atoms with Gasteiger partial charge < -0.3 is 10.0 Å². The number of hydrogen-bond acceptors (Lipinski definition) is 2. The van der Waals surface area contributed by atoms with E-state index in [2.05, 4.69) is 0 Å². The Morgan fingerprint density at radius 2 is 1.96 bits per heavy atom. The van der Waals surface area contributed by atoms with Crippen LogP contribution in [-0.4, -0.2) is 35.0 Å². The second kappa shape index (κ2) is 6.87. The molecule has 132 valence electrons. The molecule has 1 N–H and O–H groups in total. The van der Waals surface area contributed by atoms with E-state index in [9.17, 15) is 23.5 Å². The van der Waals surface area contributed by atoms with Crippen LogP contribution in [0, 0.1) is 23.0 Å². The highest BCUT2D eigenvalue weighted by atomic mass is 19.1. The SMILES string of the molecule is CC(CC(=O)N1CCC(C(=O)O)(C(C)C)C1)c1ccc(F)cc1F. The van der Waals surface area contributed by atoms with Gasteiger partial charge in [0.1, 0.15) is 11.6 Å². The first-order valence-electron chi connectivity index (χ1n) is 8.13. The molecule has 1 heterocycles. The van der Waals surface area contributed by atoms with Crippen molar-refractivity contribution < 1.29 is 23.5 Å². The van der Waals surface area contributed by atoms with Gasteiger partial charge in [-0.1, -0.05) is 26.8 Å². The fourth-order valence-electron chi connectivity index (χ4n) is 3.34. The van der Waals surface area contributed by atoms with E-state index in [-0.39, 0.29) is 30.4 Å². The summed E-state index contributed by atoms with van der Waals surface area (Å²) < 4.78 is 26.8. The van der Waals surface area contributed by atoms with Gasteiger partial charge in [-0.3, -0.25) is 9.59 Å². The predicted molar refractivity (Wildman–Crippen MR) is 85.5 cm³/mol. The van der Waals surface area contributed by atoms with E-state index in [0.717, 1.165) is 6.07 Å². The van der Waals surface area contributed by atoms with Gasteiger partial charge in [0, 0.05) is 25.6 Å². The summed E-state index contributed by atoms with van der Waals surface area (Å²) in [5, 5.41) is 9.53. The van der Waals surface area contributed by atoms with Gasteiger partial charge in [0.2, 0.25) is 5.91 Å². The van der Waals surface area contributed by atoms with Crippen molar-refractivity contribution >= 4 is 11.9 Å². The number of carbonyl (C=O) groups excluding carboxylic acids is 1. The zero-order chi connectivity index (χ0) is 18.1. The maximum Gasteiger partial charge on any atom is 0.311 e. The Morgan fingerprint density at radius 1 is 1.29 bits per heavy atom. The third-order valence-corrected chi connectivity index (χ3v) is 5.16. The summed E-state index contributed by atoms with van der Waals surface area (Å²) >= 11 is 0. The lowest BCUT2D eigenvalue weighted by atomic mass is 9.76. The van der Waals surface area contributed by atoms with Crippen molar-refractivity contribution in [3.05, 3.63) is 35.4 Å². The molecule has 24 heavy (non-hydrogen) atoms. The van der Waals surface area contributed by atoms with Gasteiger partial charge in [-0.05, 0) is 29.9 Å². The van der Waals surface area contributed by atoms with Crippen LogP contribution in [-0.2, 0) is 9.59 Å². The minimum atomic E-state index is -0.917. The lowest BCUT2D eigenvalue weighted by Crippen LogP contribution is -2.40. The topological polar surface area (TPSA) is 57.6 Å². The zero-order valence-corrected chi connectivity index (χ0v) is 14.2. The van der Waals surface area contributed by atoms with E-state index >= 15 is 0 Å². The molecule has 1 saturated heterocycles. The largest absolute Gasteiger partial charge is 0.481 e. The number of nitrogens with zero attached hydrogens (tertiary/aromatic N) is 1. The molecule has 1 aromatic rings. The molecule has 1 fully saturated rings. The van der Waals surface area contributed by atoms with Gasteiger partial charge in [-0.2, -0.15) is 0 Å². The Morgan fingerprint density at radius 3 is 2.46 bits per heavy atom. The number of rotatable bonds is 5. The molecule has 0 spiro atoms. The van der Waals surface area contributed by atoms with Crippen LogP contribution in [0.2, 0.25) is 0 Å². The highest BCUT2D eigenvalue weighted by Gasteiger charge is 2.48. The number of hydrogen-bond donors (Lipinski definition) is 1. The maximum absolute atomic E-state index is 13.8. The average molecular weight is 339 g/mol. The van der Waals surface area contributed by atoms with Crippen LogP contribution in [0.1, 0.15) is 45.1 Å². The molecule has 0 radical (unpaired) electrons. The van der Waals surface area contributed by atoms with Crippen molar-refractivity contribution in [2.75, 3.05) is 13.1 Å². The first-order chi connectivity index (χ1) is 11.2. The number of halogens is 2. The number of benzene rings is 1. The van der Waals surface area contributed by atoms with Crippen molar-refractivity contribution in [2.24, 2.45) is 11.3 Å². The van der Waals surface area contributed by atoms with Gasteiger partial charge in [0.25, 0.3) is 0 Å². The van der Waals surface area contributed by atoms with Crippen molar-refractivity contribution in [3.8, 4) is 0 Å². The molecule has 6 heteroatoms. The first kappa shape index (κ1) is 18.4. The number of carboxylic acids is 1. The average Bonchev–Trinajstić information content (AvgIpc) is 2.93. The second-order valence-corrected chi connectivity index (χ2v) is 6.95. The minimum Gasteiger partial charge on any atom is -0.481 e. The number of carbonyl (C=O) groups is 2. The lowest BCUT2D eigenvalue weighted by molar-refractivity contribution is -0.151. The van der Waals surface area contributed by atoms with Crippen LogP contribution in [0.15, 0.2) is 18.2 Å². The first-order valence-corrected chi connectivity index (χ1v) is 8.13. The molecule has 1 aliphatic rings. The van der Waals surface area contributed by atoms with Crippen LogP contribution < -0.4 is 0 Å². The zero-order valence-electron chi connectivity index (χ0n) is 14.2. The molecule has 1 aromatic carbocycles. The second-order valence-electron chi connectivity index (χ2n) is 6.95. The summed E-state index contributed by atoms with van der Waals surface area (Å²) in [5.74, 6) is -2.89. The van der Waals surface area contributed by atoms with Gasteiger partial charge >= 0.3 is 5.97 Å². The molecule has 0 saturated carbocycles. The summed E-state index contributed by atoms with van der Waals surface area (Å²) in [7, 11) is 0. The molecule has 0 aromatic heterocycles. The lowest BCUT2D eigenvalue weighted by Gasteiger charge is -2.29. The Hall–Kier alpha value is -1.98. The van der Waals surface area contributed by atoms with Gasteiger partial charge in [-0.15, -0.1) is 0 Å². The summed E-state index contributed by atoms with van der Waals surface area (Å²) in [5.41, 5.74) is -0.627. The highest BCUT2D eigenvalue weighted by Crippen LogP contribution is 2.38. The molecule has 2 unspecified atom stereocenters. The van der Waals surface area contributed by atoms with Crippen LogP contribution in [0.3, 0.4) is 0 Å². The van der Waals surface area contributed by atoms with Gasteiger partial charge in [0.05, 0.1) is 5.41 Å².